The molecule has 0 bridgehead atoms. The fourth-order valence-electron chi connectivity index (χ4n) is 3.51. The van der Waals surface area contributed by atoms with Gasteiger partial charge in [-0.15, -0.1) is 0 Å². The number of hydrogen-bond donors (Lipinski definition) is 1. The van der Waals surface area contributed by atoms with E-state index in [2.05, 4.69) is 11.4 Å². The van der Waals surface area contributed by atoms with Gasteiger partial charge in [0.05, 0.1) is 12.0 Å². The van der Waals surface area contributed by atoms with Gasteiger partial charge in [0.2, 0.25) is 5.91 Å². The molecule has 4 rings (SSSR count). The number of rotatable bonds is 8. The molecule has 0 atom stereocenters. The second kappa shape index (κ2) is 10.9. The molecule has 1 aliphatic rings. The summed E-state index contributed by atoms with van der Waals surface area (Å²) in [5.74, 6) is 0.114. The molecule has 3 aromatic carbocycles. The van der Waals surface area contributed by atoms with Crippen LogP contribution in [0.4, 0.5) is 10.5 Å². The third-order valence-electron chi connectivity index (χ3n) is 5.20. The number of imide groups is 1. The van der Waals surface area contributed by atoms with Crippen LogP contribution in [0.15, 0.2) is 77.7 Å². The molecule has 0 aromatic heterocycles. The van der Waals surface area contributed by atoms with E-state index < -0.39 is 17.1 Å². The highest BCUT2D eigenvalue weighted by molar-refractivity contribution is 8.18. The number of nitrogens with one attached hydrogen (secondary N) is 1. The molecule has 1 fully saturated rings. The lowest BCUT2D eigenvalue weighted by atomic mass is 10.1. The number of carbonyl (C=O) groups is 3. The smallest absolute Gasteiger partial charge is 0.294 e. The normalized spacial score (nSPS) is 14.3. The van der Waals surface area contributed by atoms with E-state index in [1.165, 1.54) is 7.11 Å². The second-order valence-corrected chi connectivity index (χ2v) is 8.86. The molecular formula is C27H24N2O5S. The van der Waals surface area contributed by atoms with E-state index in [1.54, 1.807) is 48.5 Å². The fraction of sp³-hybridized carbons (Fsp3) is 0.148. The van der Waals surface area contributed by atoms with Crippen LogP contribution < -0.4 is 14.8 Å². The van der Waals surface area contributed by atoms with Crippen molar-refractivity contribution in [1.29, 1.82) is 0 Å². The zero-order chi connectivity index (χ0) is 24.8. The number of hydrogen-bond acceptors (Lipinski definition) is 6. The van der Waals surface area contributed by atoms with Gasteiger partial charge in [0, 0.05) is 5.69 Å². The van der Waals surface area contributed by atoms with Gasteiger partial charge < -0.3 is 14.8 Å². The minimum absolute atomic E-state index is 0.234. The SMILES string of the molecule is COc1cc(/C=C2\SC(=O)N(CC(=O)Nc3ccccc3)C2=O)ccc1OCc1cccc(C)c1. The zero-order valence-electron chi connectivity index (χ0n) is 19.3. The number of ether oxygens (including phenoxy) is 2. The lowest BCUT2D eigenvalue weighted by Gasteiger charge is -2.12. The summed E-state index contributed by atoms with van der Waals surface area (Å²) in [5.41, 5.74) is 3.46. The molecule has 35 heavy (non-hydrogen) atoms. The molecule has 0 radical (unpaired) electrons. The van der Waals surface area contributed by atoms with E-state index in [9.17, 15) is 14.4 Å². The maximum Gasteiger partial charge on any atom is 0.294 e. The first-order chi connectivity index (χ1) is 16.9. The molecule has 7 nitrogen and oxygen atoms in total. The third-order valence-corrected chi connectivity index (χ3v) is 6.10. The van der Waals surface area contributed by atoms with Gasteiger partial charge >= 0.3 is 0 Å². The third kappa shape index (κ3) is 6.10. The first kappa shape index (κ1) is 24.1. The Balaban J connectivity index is 1.43. The number of amides is 3. The maximum absolute atomic E-state index is 12.8. The van der Waals surface area contributed by atoms with E-state index in [4.69, 9.17) is 9.47 Å². The number of thioether (sulfide) groups is 1. The molecule has 0 saturated carbocycles. The van der Waals surface area contributed by atoms with Crippen molar-refractivity contribution in [3.8, 4) is 11.5 Å². The van der Waals surface area contributed by atoms with Crippen LogP contribution in [0.2, 0.25) is 0 Å². The molecule has 3 amide bonds. The Labute approximate surface area is 207 Å². The summed E-state index contributed by atoms with van der Waals surface area (Å²) in [6.07, 6.45) is 1.60. The molecule has 1 aliphatic heterocycles. The van der Waals surface area contributed by atoms with Crippen molar-refractivity contribution in [3.05, 3.63) is 94.4 Å². The topological polar surface area (TPSA) is 84.9 Å². The molecule has 1 N–H and O–H groups in total. The molecule has 0 unspecified atom stereocenters. The minimum Gasteiger partial charge on any atom is -0.493 e. The van der Waals surface area contributed by atoms with Crippen LogP contribution in [-0.4, -0.2) is 35.6 Å². The molecule has 178 valence electrons. The van der Waals surface area contributed by atoms with Gasteiger partial charge in [-0.3, -0.25) is 19.3 Å². The quantitative estimate of drug-likeness (QED) is 0.436. The van der Waals surface area contributed by atoms with Gasteiger partial charge in [0.15, 0.2) is 11.5 Å². The number of anilines is 1. The standard InChI is InChI=1S/C27H24N2O5S/c1-18-7-6-8-20(13-18)17-34-22-12-11-19(14-23(22)33-2)15-24-26(31)29(27(32)35-24)16-25(30)28-21-9-4-3-5-10-21/h3-15H,16-17H2,1-2H3,(H,28,30)/b24-15-. The van der Waals surface area contributed by atoms with Crippen molar-refractivity contribution >= 4 is 40.6 Å². The molecular weight excluding hydrogens is 464 g/mol. The Morgan fingerprint density at radius 2 is 1.80 bits per heavy atom. The predicted molar refractivity (Wildman–Crippen MR) is 136 cm³/mol. The zero-order valence-corrected chi connectivity index (χ0v) is 20.1. The highest BCUT2D eigenvalue weighted by Gasteiger charge is 2.36. The highest BCUT2D eigenvalue weighted by Crippen LogP contribution is 2.34. The van der Waals surface area contributed by atoms with E-state index in [1.807, 2.05) is 31.2 Å². The average molecular weight is 489 g/mol. The van der Waals surface area contributed by atoms with Crippen LogP contribution in [0.1, 0.15) is 16.7 Å². The second-order valence-electron chi connectivity index (χ2n) is 7.87. The Hall–Kier alpha value is -4.04. The predicted octanol–water partition coefficient (Wildman–Crippen LogP) is 5.26. The van der Waals surface area contributed by atoms with Crippen molar-refractivity contribution in [2.45, 2.75) is 13.5 Å². The summed E-state index contributed by atoms with van der Waals surface area (Å²) in [5, 5.41) is 2.19. The Morgan fingerprint density at radius 1 is 1.00 bits per heavy atom. The van der Waals surface area contributed by atoms with Gasteiger partial charge in [-0.05, 0) is 60.2 Å². The van der Waals surface area contributed by atoms with Gasteiger partial charge in [0.25, 0.3) is 11.1 Å². The number of benzene rings is 3. The van der Waals surface area contributed by atoms with Crippen molar-refractivity contribution < 1.29 is 23.9 Å². The van der Waals surface area contributed by atoms with Crippen LogP contribution >= 0.6 is 11.8 Å². The summed E-state index contributed by atoms with van der Waals surface area (Å²) in [4.78, 5) is 38.7. The van der Waals surface area contributed by atoms with Crippen molar-refractivity contribution in [2.24, 2.45) is 0 Å². The molecule has 3 aromatic rings. The monoisotopic (exact) mass is 488 g/mol. The van der Waals surface area contributed by atoms with Crippen molar-refractivity contribution in [1.82, 2.24) is 4.90 Å². The van der Waals surface area contributed by atoms with Gasteiger partial charge in [0.1, 0.15) is 13.2 Å². The van der Waals surface area contributed by atoms with Gasteiger partial charge in [-0.2, -0.15) is 0 Å². The minimum atomic E-state index is -0.512. The average Bonchev–Trinajstić information content (AvgIpc) is 3.11. The first-order valence-corrected chi connectivity index (χ1v) is 11.7. The molecule has 8 heteroatoms. The summed E-state index contributed by atoms with van der Waals surface area (Å²) in [6.45, 7) is 2.06. The molecule has 0 aliphatic carbocycles. The van der Waals surface area contributed by atoms with E-state index in [0.717, 1.165) is 27.8 Å². The van der Waals surface area contributed by atoms with Crippen LogP contribution in [-0.2, 0) is 16.2 Å². The Morgan fingerprint density at radius 3 is 2.54 bits per heavy atom. The van der Waals surface area contributed by atoms with Crippen LogP contribution in [0.25, 0.3) is 6.08 Å². The summed E-state index contributed by atoms with van der Waals surface area (Å²) < 4.78 is 11.4. The number of carbonyl (C=O) groups excluding carboxylic acids is 3. The molecule has 1 saturated heterocycles. The van der Waals surface area contributed by atoms with Gasteiger partial charge in [-0.1, -0.05) is 54.1 Å². The number of methoxy groups -OCH3 is 1. The maximum atomic E-state index is 12.8. The largest absolute Gasteiger partial charge is 0.493 e. The Kier molecular flexibility index (Phi) is 7.52. The van der Waals surface area contributed by atoms with Crippen molar-refractivity contribution in [2.75, 3.05) is 19.0 Å². The number of aryl methyl sites for hydroxylation is 1. The van der Waals surface area contributed by atoms with Crippen molar-refractivity contribution in [3.63, 3.8) is 0 Å². The fourth-order valence-corrected chi connectivity index (χ4v) is 4.35. The molecule has 1 heterocycles. The van der Waals surface area contributed by atoms with Crippen LogP contribution in [0, 0.1) is 6.92 Å². The summed E-state index contributed by atoms with van der Waals surface area (Å²) in [6, 6.07) is 22.2. The summed E-state index contributed by atoms with van der Waals surface area (Å²) >= 11 is 0.798. The number of nitrogens with zero attached hydrogens (tertiary/aromatic N) is 1. The van der Waals surface area contributed by atoms with Crippen LogP contribution in [0.3, 0.4) is 0 Å². The lowest BCUT2D eigenvalue weighted by Crippen LogP contribution is -2.36. The van der Waals surface area contributed by atoms with E-state index >= 15 is 0 Å². The first-order valence-electron chi connectivity index (χ1n) is 10.9. The highest BCUT2D eigenvalue weighted by atomic mass is 32.2. The van der Waals surface area contributed by atoms with Crippen LogP contribution in [0.5, 0.6) is 11.5 Å². The lowest BCUT2D eigenvalue weighted by molar-refractivity contribution is -0.127. The van der Waals surface area contributed by atoms with E-state index in [-0.39, 0.29) is 11.4 Å². The summed E-state index contributed by atoms with van der Waals surface area (Å²) in [7, 11) is 1.54. The Bertz CT molecular complexity index is 1290. The number of para-hydroxylation sites is 1. The van der Waals surface area contributed by atoms with Gasteiger partial charge in [-0.25, -0.2) is 0 Å². The van der Waals surface area contributed by atoms with E-state index in [0.29, 0.717) is 29.4 Å². The molecule has 0 spiro atoms.